The van der Waals surface area contributed by atoms with Crippen LogP contribution in [0.15, 0.2) is 76.7 Å². The fraction of sp³-hybridized carbons (Fsp3) is 0. The standard InChI is InChI=1S/C23H13ClN4O4/c24-16-7-5-14(6-8-16)11-15(13-25)22(29)26-19-4-2-1-3-18(19)23-27-20-10-9-17(28(30)31)12-21(20)32-23/h1-12H,(H,26,29). The average molecular weight is 445 g/mol. The number of carbonyl (C=O) groups is 1. The van der Waals surface area contributed by atoms with E-state index in [0.717, 1.165) is 0 Å². The van der Waals surface area contributed by atoms with E-state index < -0.39 is 10.8 Å². The third-order valence-corrected chi connectivity index (χ3v) is 4.79. The van der Waals surface area contributed by atoms with Gasteiger partial charge in [-0.15, -0.1) is 0 Å². The highest BCUT2D eigenvalue weighted by atomic mass is 35.5. The van der Waals surface area contributed by atoms with Gasteiger partial charge in [0.2, 0.25) is 5.89 Å². The molecule has 0 fully saturated rings. The van der Waals surface area contributed by atoms with Gasteiger partial charge in [-0.3, -0.25) is 14.9 Å². The topological polar surface area (TPSA) is 122 Å². The summed E-state index contributed by atoms with van der Waals surface area (Å²) in [5.41, 5.74) is 1.94. The van der Waals surface area contributed by atoms with E-state index in [-0.39, 0.29) is 22.7 Å². The molecule has 9 heteroatoms. The van der Waals surface area contributed by atoms with Crippen molar-refractivity contribution in [1.29, 1.82) is 5.26 Å². The molecule has 4 aromatic rings. The number of fused-ring (bicyclic) bond motifs is 1. The maximum Gasteiger partial charge on any atom is 0.273 e. The number of hydrogen-bond donors (Lipinski definition) is 1. The van der Waals surface area contributed by atoms with Crippen LogP contribution in [0, 0.1) is 21.4 Å². The van der Waals surface area contributed by atoms with Crippen molar-refractivity contribution in [3.8, 4) is 17.5 Å². The van der Waals surface area contributed by atoms with Gasteiger partial charge in [0.05, 0.1) is 22.2 Å². The van der Waals surface area contributed by atoms with Crippen LogP contribution in [0.25, 0.3) is 28.6 Å². The van der Waals surface area contributed by atoms with Gasteiger partial charge in [-0.2, -0.15) is 5.26 Å². The predicted octanol–water partition coefficient (Wildman–Crippen LogP) is 5.60. The number of carbonyl (C=O) groups excluding carboxylic acids is 1. The van der Waals surface area contributed by atoms with Crippen molar-refractivity contribution in [3.63, 3.8) is 0 Å². The number of nitriles is 1. The highest BCUT2D eigenvalue weighted by Crippen LogP contribution is 2.31. The molecule has 4 rings (SSSR count). The molecule has 1 heterocycles. The van der Waals surface area contributed by atoms with Gasteiger partial charge in [0.1, 0.15) is 17.2 Å². The number of nitrogens with zero attached hydrogens (tertiary/aromatic N) is 3. The summed E-state index contributed by atoms with van der Waals surface area (Å²) < 4.78 is 5.70. The lowest BCUT2D eigenvalue weighted by Gasteiger charge is -2.08. The van der Waals surface area contributed by atoms with Crippen LogP contribution in [0.1, 0.15) is 5.56 Å². The number of benzene rings is 3. The zero-order chi connectivity index (χ0) is 22.7. The van der Waals surface area contributed by atoms with Gasteiger partial charge in [-0.25, -0.2) is 4.98 Å². The largest absolute Gasteiger partial charge is 0.436 e. The smallest absolute Gasteiger partial charge is 0.273 e. The Labute approximate surface area is 186 Å². The van der Waals surface area contributed by atoms with Gasteiger partial charge in [0.25, 0.3) is 11.6 Å². The van der Waals surface area contributed by atoms with Crippen LogP contribution in [0.5, 0.6) is 0 Å². The van der Waals surface area contributed by atoms with Crippen molar-refractivity contribution in [3.05, 3.63) is 93.0 Å². The maximum absolute atomic E-state index is 12.7. The number of nitro groups is 1. The zero-order valence-corrected chi connectivity index (χ0v) is 17.0. The van der Waals surface area contributed by atoms with Crippen molar-refractivity contribution >= 4 is 46.1 Å². The molecule has 0 aliphatic heterocycles. The second-order valence-electron chi connectivity index (χ2n) is 6.65. The van der Waals surface area contributed by atoms with Gasteiger partial charge in [-0.05, 0) is 42.0 Å². The molecule has 0 atom stereocenters. The van der Waals surface area contributed by atoms with Gasteiger partial charge in [-0.1, -0.05) is 35.9 Å². The summed E-state index contributed by atoms with van der Waals surface area (Å²) in [5.74, 6) is -0.432. The molecule has 1 amide bonds. The fourth-order valence-corrected chi connectivity index (χ4v) is 3.11. The first-order valence-electron chi connectivity index (χ1n) is 9.28. The summed E-state index contributed by atoms with van der Waals surface area (Å²) in [6.45, 7) is 0. The maximum atomic E-state index is 12.7. The Kier molecular flexibility index (Phi) is 5.66. The highest BCUT2D eigenvalue weighted by Gasteiger charge is 2.17. The van der Waals surface area contributed by atoms with Crippen LogP contribution in [0.4, 0.5) is 11.4 Å². The molecule has 32 heavy (non-hydrogen) atoms. The first-order valence-corrected chi connectivity index (χ1v) is 9.65. The first kappa shape index (κ1) is 20.8. The Morgan fingerprint density at radius 1 is 1.16 bits per heavy atom. The van der Waals surface area contributed by atoms with Crippen molar-refractivity contribution in [2.75, 3.05) is 5.32 Å². The fourth-order valence-electron chi connectivity index (χ4n) is 2.98. The number of non-ortho nitro benzene ring substituents is 1. The summed E-state index contributed by atoms with van der Waals surface area (Å²) in [4.78, 5) is 27.6. The van der Waals surface area contributed by atoms with Gasteiger partial charge in [0, 0.05) is 11.1 Å². The molecule has 0 saturated heterocycles. The Morgan fingerprint density at radius 2 is 1.91 bits per heavy atom. The van der Waals surface area contributed by atoms with E-state index in [4.69, 9.17) is 16.0 Å². The SMILES string of the molecule is N#CC(=Cc1ccc(Cl)cc1)C(=O)Nc1ccccc1-c1nc2ccc([N+](=O)[O-])cc2o1. The molecular formula is C23H13ClN4O4. The second-order valence-corrected chi connectivity index (χ2v) is 7.09. The Balaban J connectivity index is 1.66. The first-order chi connectivity index (χ1) is 15.4. The van der Waals surface area contributed by atoms with E-state index in [1.54, 1.807) is 48.5 Å². The van der Waals surface area contributed by atoms with Crippen molar-refractivity contribution < 1.29 is 14.1 Å². The molecule has 0 saturated carbocycles. The number of nitro benzene ring substituents is 1. The minimum absolute atomic E-state index is 0.102. The van der Waals surface area contributed by atoms with Crippen molar-refractivity contribution in [2.45, 2.75) is 0 Å². The van der Waals surface area contributed by atoms with E-state index in [2.05, 4.69) is 10.3 Å². The van der Waals surface area contributed by atoms with E-state index in [1.165, 1.54) is 24.3 Å². The summed E-state index contributed by atoms with van der Waals surface area (Å²) in [6, 6.07) is 19.5. The molecule has 0 aliphatic carbocycles. The van der Waals surface area contributed by atoms with Crippen molar-refractivity contribution in [2.24, 2.45) is 0 Å². The van der Waals surface area contributed by atoms with Crippen LogP contribution in [0.2, 0.25) is 5.02 Å². The molecule has 0 spiro atoms. The van der Waals surface area contributed by atoms with Crippen molar-refractivity contribution in [1.82, 2.24) is 4.98 Å². The van der Waals surface area contributed by atoms with Gasteiger partial charge < -0.3 is 9.73 Å². The van der Waals surface area contributed by atoms with E-state index in [0.29, 0.717) is 27.4 Å². The number of aromatic nitrogens is 1. The molecule has 1 aromatic heterocycles. The number of nitrogens with one attached hydrogen (secondary N) is 1. The minimum atomic E-state index is -0.610. The molecule has 0 aliphatic rings. The van der Waals surface area contributed by atoms with Crippen LogP contribution in [-0.2, 0) is 4.79 Å². The summed E-state index contributed by atoms with van der Waals surface area (Å²) >= 11 is 5.87. The molecular weight excluding hydrogens is 432 g/mol. The lowest BCUT2D eigenvalue weighted by molar-refractivity contribution is -0.384. The van der Waals surface area contributed by atoms with Crippen LogP contribution >= 0.6 is 11.6 Å². The Hall–Kier alpha value is -4.48. The highest BCUT2D eigenvalue weighted by molar-refractivity contribution is 6.30. The molecule has 8 nitrogen and oxygen atoms in total. The molecule has 156 valence electrons. The third-order valence-electron chi connectivity index (χ3n) is 4.53. The molecule has 1 N–H and O–H groups in total. The number of amides is 1. The average Bonchev–Trinajstić information content (AvgIpc) is 3.22. The number of halogens is 1. The van der Waals surface area contributed by atoms with E-state index >= 15 is 0 Å². The van der Waals surface area contributed by atoms with E-state index in [1.807, 2.05) is 6.07 Å². The minimum Gasteiger partial charge on any atom is -0.436 e. The lowest BCUT2D eigenvalue weighted by atomic mass is 10.1. The Bertz CT molecular complexity index is 1420. The van der Waals surface area contributed by atoms with E-state index in [9.17, 15) is 20.2 Å². The number of hydrogen-bond acceptors (Lipinski definition) is 6. The third kappa shape index (κ3) is 4.33. The van der Waals surface area contributed by atoms with Gasteiger partial charge >= 0.3 is 0 Å². The van der Waals surface area contributed by atoms with Gasteiger partial charge in [0.15, 0.2) is 5.58 Å². The number of oxazole rings is 1. The summed E-state index contributed by atoms with van der Waals surface area (Å²) in [6.07, 6.45) is 1.45. The molecule has 0 unspecified atom stereocenters. The zero-order valence-electron chi connectivity index (χ0n) is 16.3. The molecule has 0 bridgehead atoms. The Morgan fingerprint density at radius 3 is 2.62 bits per heavy atom. The summed E-state index contributed by atoms with van der Waals surface area (Å²) in [7, 11) is 0. The van der Waals surface area contributed by atoms with Crippen LogP contribution in [-0.4, -0.2) is 15.8 Å². The molecule has 3 aromatic carbocycles. The summed E-state index contributed by atoms with van der Waals surface area (Å²) in [5, 5.41) is 23.7. The lowest BCUT2D eigenvalue weighted by Crippen LogP contribution is -2.14. The second kappa shape index (κ2) is 8.71. The van der Waals surface area contributed by atoms with Crippen LogP contribution in [0.3, 0.4) is 0 Å². The monoisotopic (exact) mass is 444 g/mol. The quantitative estimate of drug-likeness (QED) is 0.185. The number of rotatable bonds is 5. The normalized spacial score (nSPS) is 11.2. The number of para-hydroxylation sites is 1. The predicted molar refractivity (Wildman–Crippen MR) is 120 cm³/mol. The number of anilines is 1. The van der Waals surface area contributed by atoms with Crippen LogP contribution < -0.4 is 5.32 Å². The molecule has 0 radical (unpaired) electrons.